The molecule has 26 heavy (non-hydrogen) atoms. The van der Waals surface area contributed by atoms with E-state index in [9.17, 15) is 4.79 Å². The normalized spacial score (nSPS) is 18.9. The molecule has 7 heteroatoms. The van der Waals surface area contributed by atoms with E-state index in [-0.39, 0.29) is 5.91 Å². The van der Waals surface area contributed by atoms with Crippen LogP contribution in [-0.4, -0.2) is 28.4 Å². The summed E-state index contributed by atoms with van der Waals surface area (Å²) in [7, 11) is 1.62. The lowest BCUT2D eigenvalue weighted by atomic mass is 10.2. The molecule has 0 aromatic heterocycles. The van der Waals surface area contributed by atoms with Crippen molar-refractivity contribution in [1.29, 1.82) is 0 Å². The topological polar surface area (TPSA) is 66.3 Å². The Morgan fingerprint density at radius 1 is 1.23 bits per heavy atom. The van der Waals surface area contributed by atoms with Gasteiger partial charge in [0.25, 0.3) is 5.91 Å². The molecule has 2 heterocycles. The van der Waals surface area contributed by atoms with Crippen molar-refractivity contribution in [1.82, 2.24) is 10.4 Å². The summed E-state index contributed by atoms with van der Waals surface area (Å²) in [6.45, 7) is 2.01. The molecule has 0 bridgehead atoms. The van der Waals surface area contributed by atoms with E-state index >= 15 is 0 Å². The molecule has 2 aromatic carbocycles. The van der Waals surface area contributed by atoms with Gasteiger partial charge in [0.2, 0.25) is 0 Å². The number of ether oxygens (including phenoxy) is 1. The number of amides is 1. The highest BCUT2D eigenvalue weighted by atomic mass is 32.2. The van der Waals surface area contributed by atoms with Gasteiger partial charge in [0.1, 0.15) is 11.4 Å². The molecule has 1 amide bonds. The van der Waals surface area contributed by atoms with E-state index in [1.165, 1.54) is 16.8 Å². The predicted molar refractivity (Wildman–Crippen MR) is 104 cm³/mol. The summed E-state index contributed by atoms with van der Waals surface area (Å²) in [6, 6.07) is 15.3. The maximum absolute atomic E-state index is 12.6. The minimum Gasteiger partial charge on any atom is -0.497 e. The van der Waals surface area contributed by atoms with E-state index in [0.717, 1.165) is 22.6 Å². The number of aryl methyl sites for hydroxylation is 1. The average Bonchev–Trinajstić information content (AvgIpc) is 3.15. The van der Waals surface area contributed by atoms with Crippen molar-refractivity contribution in [2.75, 3.05) is 7.11 Å². The van der Waals surface area contributed by atoms with E-state index < -0.39 is 0 Å². The standard InChI is InChI=1S/C19H16N4O2S/c1-12-4-3-5-14(10-12)20-18-22-23-17(24)16(21-19(23)26-18)11-13-6-8-15(25-2)9-7-13/h3-11H,1-2H3,(H,20,22)/b16-11-. The quantitative estimate of drug-likeness (QED) is 0.847. The van der Waals surface area contributed by atoms with E-state index in [2.05, 4.69) is 15.4 Å². The number of carbonyl (C=O) groups is 1. The minimum atomic E-state index is -0.197. The Bertz CT molecular complexity index is 964. The van der Waals surface area contributed by atoms with Gasteiger partial charge in [-0.1, -0.05) is 24.3 Å². The summed E-state index contributed by atoms with van der Waals surface area (Å²) in [4.78, 5) is 21.5. The predicted octanol–water partition coefficient (Wildman–Crippen LogP) is 3.48. The molecule has 1 N–H and O–H groups in total. The number of hydrogen-bond donors (Lipinski definition) is 1. The molecule has 1 saturated heterocycles. The smallest absolute Gasteiger partial charge is 0.297 e. The summed E-state index contributed by atoms with van der Waals surface area (Å²) in [6.07, 6.45) is 1.76. The highest BCUT2D eigenvalue weighted by Crippen LogP contribution is 2.29. The van der Waals surface area contributed by atoms with Crippen molar-refractivity contribution < 1.29 is 9.53 Å². The van der Waals surface area contributed by atoms with Crippen molar-refractivity contribution in [3.63, 3.8) is 0 Å². The third kappa shape index (κ3) is 3.21. The molecule has 2 aliphatic rings. The lowest BCUT2D eigenvalue weighted by Gasteiger charge is -2.08. The van der Waals surface area contributed by atoms with E-state index in [1.807, 2.05) is 55.5 Å². The second kappa shape index (κ2) is 6.68. The lowest BCUT2D eigenvalue weighted by molar-refractivity contribution is -0.123. The number of rotatable bonds is 3. The second-order valence-electron chi connectivity index (χ2n) is 5.81. The van der Waals surface area contributed by atoms with Crippen molar-refractivity contribution in [3.05, 3.63) is 65.4 Å². The number of thioether (sulfide) groups is 1. The molecule has 0 radical (unpaired) electrons. The fraction of sp³-hybridized carbons (Fsp3) is 0.105. The fourth-order valence-electron chi connectivity index (χ4n) is 2.59. The van der Waals surface area contributed by atoms with Gasteiger partial charge in [-0.2, -0.15) is 5.01 Å². The number of nitrogens with one attached hydrogen (secondary N) is 1. The number of benzene rings is 2. The van der Waals surface area contributed by atoms with Gasteiger partial charge in [-0.05, 0) is 60.2 Å². The van der Waals surface area contributed by atoms with Crippen LogP contribution in [0.25, 0.3) is 6.08 Å². The Morgan fingerprint density at radius 2 is 2.04 bits per heavy atom. The third-order valence-corrected chi connectivity index (χ3v) is 4.71. The van der Waals surface area contributed by atoms with Gasteiger partial charge in [0, 0.05) is 0 Å². The van der Waals surface area contributed by atoms with Crippen LogP contribution in [0.4, 0.5) is 5.69 Å². The number of nitrogens with zero attached hydrogens (tertiary/aromatic N) is 3. The molecule has 1 fully saturated rings. The first-order valence-corrected chi connectivity index (χ1v) is 8.83. The zero-order chi connectivity index (χ0) is 18.1. The number of carbonyl (C=O) groups excluding carboxylic acids is 1. The van der Waals surface area contributed by atoms with Gasteiger partial charge in [-0.3, -0.25) is 10.2 Å². The Hall–Kier alpha value is -3.06. The van der Waals surface area contributed by atoms with E-state index in [1.54, 1.807) is 13.2 Å². The van der Waals surface area contributed by atoms with Crippen LogP contribution in [0.3, 0.4) is 0 Å². The summed E-state index contributed by atoms with van der Waals surface area (Å²) in [5.41, 5.74) is 6.25. The SMILES string of the molecule is COc1ccc(/C=C2\N=C3SC(=Nc4cccc(C)c4)NN3C2=O)cc1. The Balaban J connectivity index is 1.55. The number of amidine groups is 2. The lowest BCUT2D eigenvalue weighted by Crippen LogP contribution is -2.38. The van der Waals surface area contributed by atoms with E-state index in [0.29, 0.717) is 16.0 Å². The number of methoxy groups -OCH3 is 1. The zero-order valence-electron chi connectivity index (χ0n) is 14.3. The fourth-order valence-corrected chi connectivity index (χ4v) is 3.41. The van der Waals surface area contributed by atoms with Crippen molar-refractivity contribution >= 4 is 39.8 Å². The number of fused-ring (bicyclic) bond motifs is 1. The molecule has 0 atom stereocenters. The third-order valence-electron chi connectivity index (χ3n) is 3.88. The van der Waals surface area contributed by atoms with Crippen molar-refractivity contribution in [2.24, 2.45) is 9.98 Å². The van der Waals surface area contributed by atoms with Gasteiger partial charge < -0.3 is 4.74 Å². The van der Waals surface area contributed by atoms with Crippen LogP contribution in [0.5, 0.6) is 5.75 Å². The average molecular weight is 364 g/mol. The molecule has 0 saturated carbocycles. The largest absolute Gasteiger partial charge is 0.497 e. The molecule has 4 rings (SSSR count). The Labute approximate surface area is 155 Å². The van der Waals surface area contributed by atoms with Gasteiger partial charge in [0.15, 0.2) is 10.3 Å². The molecule has 130 valence electrons. The summed E-state index contributed by atoms with van der Waals surface area (Å²) in [5.74, 6) is 0.573. The molecule has 0 aliphatic carbocycles. The van der Waals surface area contributed by atoms with Gasteiger partial charge in [-0.15, -0.1) is 0 Å². The van der Waals surface area contributed by atoms with Crippen LogP contribution in [0.15, 0.2) is 64.2 Å². The zero-order valence-corrected chi connectivity index (χ0v) is 15.1. The van der Waals surface area contributed by atoms with Gasteiger partial charge >= 0.3 is 0 Å². The van der Waals surface area contributed by atoms with Crippen LogP contribution >= 0.6 is 11.8 Å². The van der Waals surface area contributed by atoms with Crippen LogP contribution in [-0.2, 0) is 4.79 Å². The Kier molecular flexibility index (Phi) is 4.22. The monoisotopic (exact) mass is 364 g/mol. The number of aliphatic imine (C=N–C) groups is 2. The van der Waals surface area contributed by atoms with Crippen LogP contribution in [0, 0.1) is 6.92 Å². The summed E-state index contributed by atoms with van der Waals surface area (Å²) in [5, 5.41) is 2.64. The van der Waals surface area contributed by atoms with Crippen LogP contribution in [0.2, 0.25) is 0 Å². The molecular formula is C19H16N4O2S. The maximum Gasteiger partial charge on any atom is 0.297 e. The molecule has 2 aliphatic heterocycles. The van der Waals surface area contributed by atoms with Crippen LogP contribution in [0.1, 0.15) is 11.1 Å². The first kappa shape index (κ1) is 16.4. The molecule has 0 unspecified atom stereocenters. The molecule has 0 spiro atoms. The highest BCUT2D eigenvalue weighted by Gasteiger charge is 2.37. The maximum atomic E-state index is 12.6. The summed E-state index contributed by atoms with van der Waals surface area (Å²) >= 11 is 1.34. The van der Waals surface area contributed by atoms with Gasteiger partial charge in [-0.25, -0.2) is 9.98 Å². The number of hydrogen-bond acceptors (Lipinski definition) is 5. The second-order valence-corrected chi connectivity index (χ2v) is 6.76. The van der Waals surface area contributed by atoms with Crippen molar-refractivity contribution in [3.8, 4) is 5.75 Å². The van der Waals surface area contributed by atoms with E-state index in [4.69, 9.17) is 4.74 Å². The highest BCUT2D eigenvalue weighted by molar-refractivity contribution is 8.27. The number of hydrazine groups is 1. The van der Waals surface area contributed by atoms with Crippen molar-refractivity contribution in [2.45, 2.75) is 6.92 Å². The Morgan fingerprint density at radius 3 is 2.73 bits per heavy atom. The molecular weight excluding hydrogens is 348 g/mol. The first-order chi connectivity index (χ1) is 12.6. The van der Waals surface area contributed by atoms with Crippen LogP contribution < -0.4 is 10.2 Å². The molecule has 2 aromatic rings. The van der Waals surface area contributed by atoms with Gasteiger partial charge in [0.05, 0.1) is 12.8 Å². The first-order valence-electron chi connectivity index (χ1n) is 8.01. The summed E-state index contributed by atoms with van der Waals surface area (Å²) < 4.78 is 5.14. The minimum absolute atomic E-state index is 0.197. The molecule has 6 nitrogen and oxygen atoms in total.